The third kappa shape index (κ3) is 3.98. The number of nitrogens with one attached hydrogen (secondary N) is 1. The molecule has 0 radical (unpaired) electrons. The van der Waals surface area contributed by atoms with Crippen LogP contribution in [0.15, 0.2) is 0 Å². The third-order valence-corrected chi connectivity index (χ3v) is 3.02. The third-order valence-electron chi connectivity index (χ3n) is 3.02. The Morgan fingerprint density at radius 2 is 2.29 bits per heavy atom. The molecule has 2 atom stereocenters. The van der Waals surface area contributed by atoms with Crippen molar-refractivity contribution in [3.63, 3.8) is 0 Å². The molecule has 0 aliphatic carbocycles. The van der Waals surface area contributed by atoms with E-state index in [0.29, 0.717) is 32.5 Å². The number of carbonyl (C=O) groups is 2. The van der Waals surface area contributed by atoms with E-state index in [1.54, 1.807) is 7.11 Å². The predicted molar refractivity (Wildman–Crippen MR) is 61.7 cm³/mol. The van der Waals surface area contributed by atoms with Crippen LogP contribution in [0.2, 0.25) is 0 Å². The van der Waals surface area contributed by atoms with Crippen molar-refractivity contribution < 1.29 is 19.4 Å². The fraction of sp³-hybridized carbons (Fsp3) is 0.818. The van der Waals surface area contributed by atoms with Gasteiger partial charge in [-0.1, -0.05) is 0 Å². The van der Waals surface area contributed by atoms with Crippen molar-refractivity contribution in [2.45, 2.75) is 31.9 Å². The van der Waals surface area contributed by atoms with Crippen molar-refractivity contribution in [1.29, 1.82) is 0 Å². The molecule has 1 fully saturated rings. The van der Waals surface area contributed by atoms with Gasteiger partial charge in [0.2, 0.25) is 5.91 Å². The minimum atomic E-state index is -0.953. The summed E-state index contributed by atoms with van der Waals surface area (Å²) in [6, 6.07) is -0.742. The topological polar surface area (TPSA) is 78.9 Å². The molecule has 0 aromatic heterocycles. The van der Waals surface area contributed by atoms with Crippen LogP contribution in [0, 0.1) is 0 Å². The van der Waals surface area contributed by atoms with Crippen LogP contribution < -0.4 is 5.32 Å². The molecule has 1 amide bonds. The maximum Gasteiger partial charge on any atom is 0.327 e. The fourth-order valence-corrected chi connectivity index (χ4v) is 1.81. The first-order valence-electron chi connectivity index (χ1n) is 5.82. The first-order valence-corrected chi connectivity index (χ1v) is 5.82. The zero-order valence-electron chi connectivity index (χ0n) is 10.3. The number of aliphatic carboxylic acids is 1. The van der Waals surface area contributed by atoms with Gasteiger partial charge in [0.15, 0.2) is 0 Å². The molecule has 6 heteroatoms. The van der Waals surface area contributed by atoms with Crippen LogP contribution in [0.5, 0.6) is 0 Å². The number of carboxylic acids is 1. The van der Waals surface area contributed by atoms with Crippen LogP contribution >= 0.6 is 0 Å². The molecule has 1 saturated heterocycles. The summed E-state index contributed by atoms with van der Waals surface area (Å²) >= 11 is 0. The lowest BCUT2D eigenvalue weighted by Crippen LogP contribution is -2.57. The lowest BCUT2D eigenvalue weighted by Gasteiger charge is -2.33. The highest BCUT2D eigenvalue weighted by Gasteiger charge is 2.31. The lowest BCUT2D eigenvalue weighted by molar-refractivity contribution is -0.151. The highest BCUT2D eigenvalue weighted by molar-refractivity contribution is 5.84. The van der Waals surface area contributed by atoms with E-state index in [-0.39, 0.29) is 12.0 Å². The summed E-state index contributed by atoms with van der Waals surface area (Å²) in [5.41, 5.74) is 0. The number of hydrogen-bond acceptors (Lipinski definition) is 4. The van der Waals surface area contributed by atoms with Gasteiger partial charge in [-0.05, 0) is 13.3 Å². The average molecular weight is 244 g/mol. The summed E-state index contributed by atoms with van der Waals surface area (Å²) in [5, 5.41) is 12.0. The molecule has 1 heterocycles. The van der Waals surface area contributed by atoms with Crippen molar-refractivity contribution in [2.75, 3.05) is 26.7 Å². The Hall–Kier alpha value is -1.14. The Balaban J connectivity index is 2.50. The summed E-state index contributed by atoms with van der Waals surface area (Å²) in [4.78, 5) is 24.4. The number of carboxylic acid groups (broad SMARTS) is 1. The smallest absolute Gasteiger partial charge is 0.327 e. The van der Waals surface area contributed by atoms with Crippen molar-refractivity contribution in [1.82, 2.24) is 10.2 Å². The van der Waals surface area contributed by atoms with Crippen LogP contribution in [0.25, 0.3) is 0 Å². The van der Waals surface area contributed by atoms with E-state index in [4.69, 9.17) is 9.84 Å². The molecule has 0 spiro atoms. The van der Waals surface area contributed by atoms with Gasteiger partial charge in [-0.15, -0.1) is 0 Å². The van der Waals surface area contributed by atoms with Gasteiger partial charge in [-0.25, -0.2) is 4.79 Å². The van der Waals surface area contributed by atoms with Crippen molar-refractivity contribution in [3.05, 3.63) is 0 Å². The number of rotatable bonds is 5. The highest BCUT2D eigenvalue weighted by Crippen LogP contribution is 2.09. The van der Waals surface area contributed by atoms with Crippen LogP contribution in [-0.2, 0) is 14.3 Å². The second kappa shape index (κ2) is 6.56. The van der Waals surface area contributed by atoms with Gasteiger partial charge in [0.1, 0.15) is 6.04 Å². The molecule has 0 aromatic carbocycles. The van der Waals surface area contributed by atoms with Gasteiger partial charge in [0.05, 0.1) is 6.10 Å². The molecule has 0 bridgehead atoms. The Morgan fingerprint density at radius 1 is 1.59 bits per heavy atom. The van der Waals surface area contributed by atoms with Crippen LogP contribution in [0.4, 0.5) is 0 Å². The van der Waals surface area contributed by atoms with Crippen LogP contribution in [-0.4, -0.2) is 60.8 Å². The normalized spacial score (nSPS) is 22.2. The molecule has 0 saturated carbocycles. The largest absolute Gasteiger partial charge is 0.480 e. The Labute approximate surface area is 101 Å². The number of methoxy groups -OCH3 is 1. The number of amides is 1. The monoisotopic (exact) mass is 244 g/mol. The molecule has 2 N–H and O–H groups in total. The number of piperazine rings is 1. The van der Waals surface area contributed by atoms with Crippen molar-refractivity contribution in [2.24, 2.45) is 0 Å². The molecular weight excluding hydrogens is 224 g/mol. The number of ether oxygens (including phenoxy) is 1. The molecule has 98 valence electrons. The lowest BCUT2D eigenvalue weighted by atomic mass is 10.1. The van der Waals surface area contributed by atoms with Crippen molar-refractivity contribution in [3.8, 4) is 0 Å². The van der Waals surface area contributed by atoms with Gasteiger partial charge >= 0.3 is 5.97 Å². The van der Waals surface area contributed by atoms with E-state index in [9.17, 15) is 9.59 Å². The van der Waals surface area contributed by atoms with Crippen molar-refractivity contribution >= 4 is 11.9 Å². The number of hydrogen-bond donors (Lipinski definition) is 2. The SMILES string of the molecule is COC(C)CCC(=O)N1CCNCC1C(=O)O. The van der Waals surface area contributed by atoms with Gasteiger partial charge in [0, 0.05) is 33.2 Å². The molecule has 0 aromatic rings. The standard InChI is InChI=1S/C11H20N2O4/c1-8(17-2)3-4-10(14)13-6-5-12-7-9(13)11(15)16/h8-9,12H,3-7H2,1-2H3,(H,15,16). The Morgan fingerprint density at radius 3 is 2.88 bits per heavy atom. The summed E-state index contributed by atoms with van der Waals surface area (Å²) < 4.78 is 5.06. The summed E-state index contributed by atoms with van der Waals surface area (Å²) in [7, 11) is 1.60. The molecule has 17 heavy (non-hydrogen) atoms. The van der Waals surface area contributed by atoms with Crippen LogP contribution in [0.3, 0.4) is 0 Å². The van der Waals surface area contributed by atoms with E-state index in [2.05, 4.69) is 5.32 Å². The average Bonchev–Trinajstić information content (AvgIpc) is 2.35. The zero-order valence-corrected chi connectivity index (χ0v) is 10.3. The molecule has 1 aliphatic heterocycles. The number of carbonyl (C=O) groups excluding carboxylic acids is 1. The first-order chi connectivity index (χ1) is 8.06. The van der Waals surface area contributed by atoms with Gasteiger partial charge in [-0.2, -0.15) is 0 Å². The number of nitrogens with zero attached hydrogens (tertiary/aromatic N) is 1. The maximum atomic E-state index is 11.9. The Kier molecular flexibility index (Phi) is 5.37. The predicted octanol–water partition coefficient (Wildman–Crippen LogP) is -0.313. The van der Waals surface area contributed by atoms with Gasteiger partial charge in [-0.3, -0.25) is 4.79 Å². The summed E-state index contributed by atoms with van der Waals surface area (Å²) in [5.74, 6) is -1.06. The first kappa shape index (κ1) is 13.9. The molecule has 1 rings (SSSR count). The zero-order chi connectivity index (χ0) is 12.8. The molecular formula is C11H20N2O4. The van der Waals surface area contributed by atoms with E-state index < -0.39 is 12.0 Å². The minimum absolute atomic E-state index is 0.0187. The van der Waals surface area contributed by atoms with E-state index >= 15 is 0 Å². The molecule has 1 aliphatic rings. The van der Waals surface area contributed by atoms with Gasteiger partial charge in [0.25, 0.3) is 0 Å². The molecule has 6 nitrogen and oxygen atoms in total. The minimum Gasteiger partial charge on any atom is -0.480 e. The second-order valence-electron chi connectivity index (χ2n) is 4.23. The van der Waals surface area contributed by atoms with E-state index in [1.807, 2.05) is 6.92 Å². The second-order valence-corrected chi connectivity index (χ2v) is 4.23. The quantitative estimate of drug-likeness (QED) is 0.693. The summed E-state index contributed by atoms with van der Waals surface area (Å²) in [6.07, 6.45) is 0.967. The maximum absolute atomic E-state index is 11.9. The molecule has 2 unspecified atom stereocenters. The van der Waals surface area contributed by atoms with E-state index in [1.165, 1.54) is 4.90 Å². The van der Waals surface area contributed by atoms with Crippen LogP contribution in [0.1, 0.15) is 19.8 Å². The highest BCUT2D eigenvalue weighted by atomic mass is 16.5. The van der Waals surface area contributed by atoms with Gasteiger partial charge < -0.3 is 20.1 Å². The van der Waals surface area contributed by atoms with E-state index in [0.717, 1.165) is 0 Å². The summed E-state index contributed by atoms with van der Waals surface area (Å²) in [6.45, 7) is 3.31. The Bertz CT molecular complexity index is 283. The fourth-order valence-electron chi connectivity index (χ4n) is 1.81.